The summed E-state index contributed by atoms with van der Waals surface area (Å²) in [7, 11) is 0. The molecule has 4 rings (SSSR count). The third kappa shape index (κ3) is 4.15. The smallest absolute Gasteiger partial charge is 0.171 e. The van der Waals surface area contributed by atoms with Gasteiger partial charge in [-0.3, -0.25) is 0 Å². The summed E-state index contributed by atoms with van der Waals surface area (Å²) < 4.78 is 19.1. The summed E-state index contributed by atoms with van der Waals surface area (Å²) in [5, 5.41) is 6.91. The summed E-state index contributed by atoms with van der Waals surface area (Å²) in [6.07, 6.45) is 2.03. The molecule has 0 saturated carbocycles. The summed E-state index contributed by atoms with van der Waals surface area (Å²) in [4.78, 5) is 0. The summed E-state index contributed by atoms with van der Waals surface area (Å²) in [5.41, 5.74) is 2.74. The Hall–Kier alpha value is -3.18. The zero-order valence-corrected chi connectivity index (χ0v) is 15.2. The molecule has 1 aliphatic heterocycles. The van der Waals surface area contributed by atoms with Crippen LogP contribution in [-0.4, -0.2) is 5.11 Å². The van der Waals surface area contributed by atoms with Crippen LogP contribution in [0.3, 0.4) is 0 Å². The Morgan fingerprint density at radius 1 is 0.852 bits per heavy atom. The van der Waals surface area contributed by atoms with Crippen LogP contribution in [0.15, 0.2) is 84.9 Å². The molecule has 27 heavy (non-hydrogen) atoms. The van der Waals surface area contributed by atoms with E-state index in [9.17, 15) is 4.39 Å². The van der Waals surface area contributed by atoms with Gasteiger partial charge in [0.25, 0.3) is 0 Å². The highest BCUT2D eigenvalue weighted by molar-refractivity contribution is 7.80. The molecular formula is C22H17FN2OS. The van der Waals surface area contributed by atoms with Gasteiger partial charge in [-0.05, 0) is 78.0 Å². The molecule has 5 heteroatoms. The summed E-state index contributed by atoms with van der Waals surface area (Å²) in [5.74, 6) is 1.27. The molecule has 0 aromatic heterocycles. The standard InChI is InChI=1S/C22H17FN2OS/c23-17-11-9-15(10-12-17)20-14-21(25-22(27)24-20)16-5-4-8-19(13-16)26-18-6-2-1-3-7-18/h1-14,21H,(H2,24,25,27). The maximum atomic E-state index is 13.2. The lowest BCUT2D eigenvalue weighted by atomic mass is 10.0. The molecule has 1 aliphatic rings. The minimum Gasteiger partial charge on any atom is -0.457 e. The second-order valence-electron chi connectivity index (χ2n) is 6.15. The highest BCUT2D eigenvalue weighted by atomic mass is 32.1. The third-order valence-corrected chi connectivity index (χ3v) is 4.44. The van der Waals surface area contributed by atoms with Gasteiger partial charge >= 0.3 is 0 Å². The van der Waals surface area contributed by atoms with E-state index in [1.54, 1.807) is 12.1 Å². The minimum absolute atomic E-state index is 0.113. The zero-order chi connectivity index (χ0) is 18.6. The second-order valence-corrected chi connectivity index (χ2v) is 6.56. The van der Waals surface area contributed by atoms with Gasteiger partial charge in [0.1, 0.15) is 17.3 Å². The van der Waals surface area contributed by atoms with Gasteiger partial charge < -0.3 is 15.4 Å². The number of ether oxygens (including phenoxy) is 1. The van der Waals surface area contributed by atoms with Gasteiger partial charge in [0.15, 0.2) is 5.11 Å². The van der Waals surface area contributed by atoms with Gasteiger partial charge in [0.2, 0.25) is 0 Å². The van der Waals surface area contributed by atoms with E-state index >= 15 is 0 Å². The highest BCUT2D eigenvalue weighted by Gasteiger charge is 2.19. The van der Waals surface area contributed by atoms with Crippen LogP contribution in [0.2, 0.25) is 0 Å². The number of nitrogens with one attached hydrogen (secondary N) is 2. The van der Waals surface area contributed by atoms with Crippen molar-refractivity contribution in [3.05, 3.63) is 102 Å². The Labute approximate surface area is 162 Å². The van der Waals surface area contributed by atoms with Gasteiger partial charge in [0, 0.05) is 5.70 Å². The lowest BCUT2D eigenvalue weighted by molar-refractivity contribution is 0.481. The van der Waals surface area contributed by atoms with E-state index < -0.39 is 0 Å². The average Bonchev–Trinajstić information content (AvgIpc) is 2.69. The Bertz CT molecular complexity index is 987. The maximum Gasteiger partial charge on any atom is 0.171 e. The highest BCUT2D eigenvalue weighted by Crippen LogP contribution is 2.28. The van der Waals surface area contributed by atoms with E-state index in [1.165, 1.54) is 12.1 Å². The number of hydrogen-bond donors (Lipinski definition) is 2. The van der Waals surface area contributed by atoms with Gasteiger partial charge in [-0.1, -0.05) is 30.3 Å². The molecule has 1 atom stereocenters. The first kappa shape index (κ1) is 17.2. The Morgan fingerprint density at radius 3 is 2.37 bits per heavy atom. The topological polar surface area (TPSA) is 33.3 Å². The monoisotopic (exact) mass is 376 g/mol. The Balaban J connectivity index is 1.61. The molecular weight excluding hydrogens is 359 g/mol. The number of halogens is 1. The van der Waals surface area contributed by atoms with Crippen molar-refractivity contribution < 1.29 is 9.13 Å². The molecule has 2 N–H and O–H groups in total. The van der Waals surface area contributed by atoms with Crippen molar-refractivity contribution in [1.82, 2.24) is 10.6 Å². The van der Waals surface area contributed by atoms with Gasteiger partial charge in [-0.25, -0.2) is 4.39 Å². The molecule has 0 bridgehead atoms. The molecule has 0 aliphatic carbocycles. The summed E-state index contributed by atoms with van der Waals surface area (Å²) in [6.45, 7) is 0. The molecule has 3 aromatic rings. The average molecular weight is 376 g/mol. The molecule has 0 amide bonds. The lowest BCUT2D eigenvalue weighted by Gasteiger charge is -2.26. The quantitative estimate of drug-likeness (QED) is 0.615. The van der Waals surface area contributed by atoms with Gasteiger partial charge in [0.05, 0.1) is 6.04 Å². The molecule has 1 unspecified atom stereocenters. The molecule has 0 radical (unpaired) electrons. The molecule has 3 nitrogen and oxygen atoms in total. The SMILES string of the molecule is Fc1ccc(C2=CC(c3cccc(Oc4ccccc4)c3)NC(=S)N2)cc1. The van der Waals surface area contributed by atoms with Crippen LogP contribution >= 0.6 is 12.2 Å². The van der Waals surface area contributed by atoms with E-state index in [4.69, 9.17) is 17.0 Å². The van der Waals surface area contributed by atoms with Crippen LogP contribution in [0.4, 0.5) is 4.39 Å². The number of benzene rings is 3. The number of rotatable bonds is 4. The van der Waals surface area contributed by atoms with Crippen LogP contribution in [0.5, 0.6) is 11.5 Å². The van der Waals surface area contributed by atoms with E-state index in [0.29, 0.717) is 5.11 Å². The van der Waals surface area contributed by atoms with Crippen LogP contribution in [0.1, 0.15) is 17.2 Å². The normalized spacial score (nSPS) is 16.1. The van der Waals surface area contributed by atoms with Crippen molar-refractivity contribution in [2.75, 3.05) is 0 Å². The first-order valence-corrected chi connectivity index (χ1v) is 8.96. The van der Waals surface area contributed by atoms with Crippen molar-refractivity contribution >= 4 is 23.0 Å². The predicted molar refractivity (Wildman–Crippen MR) is 109 cm³/mol. The number of thiocarbonyl (C=S) groups is 1. The first-order valence-electron chi connectivity index (χ1n) is 8.55. The Kier molecular flexibility index (Phi) is 4.85. The molecule has 3 aromatic carbocycles. The number of hydrogen-bond acceptors (Lipinski definition) is 2. The van der Waals surface area contributed by atoms with Crippen molar-refractivity contribution in [3.8, 4) is 11.5 Å². The van der Waals surface area contributed by atoms with Crippen LogP contribution in [0.25, 0.3) is 5.70 Å². The van der Waals surface area contributed by atoms with E-state index in [-0.39, 0.29) is 11.9 Å². The van der Waals surface area contributed by atoms with Crippen LogP contribution in [-0.2, 0) is 0 Å². The fourth-order valence-corrected chi connectivity index (χ4v) is 3.16. The van der Waals surface area contributed by atoms with Crippen molar-refractivity contribution in [3.63, 3.8) is 0 Å². The first-order chi connectivity index (χ1) is 13.2. The molecule has 0 fully saturated rings. The predicted octanol–water partition coefficient (Wildman–Crippen LogP) is 5.18. The third-order valence-electron chi connectivity index (χ3n) is 4.22. The Morgan fingerprint density at radius 2 is 1.59 bits per heavy atom. The van der Waals surface area contributed by atoms with Crippen LogP contribution in [0, 0.1) is 5.82 Å². The minimum atomic E-state index is -0.266. The van der Waals surface area contributed by atoms with Gasteiger partial charge in [-0.15, -0.1) is 0 Å². The molecule has 1 heterocycles. The van der Waals surface area contributed by atoms with E-state index in [0.717, 1.165) is 28.3 Å². The fourth-order valence-electron chi connectivity index (χ4n) is 2.92. The van der Waals surface area contributed by atoms with Crippen molar-refractivity contribution in [2.45, 2.75) is 6.04 Å². The van der Waals surface area contributed by atoms with E-state index in [1.807, 2.05) is 60.7 Å². The summed E-state index contributed by atoms with van der Waals surface area (Å²) in [6, 6.07) is 23.7. The second kappa shape index (κ2) is 7.60. The fraction of sp³-hybridized carbons (Fsp3) is 0.0455. The lowest BCUT2D eigenvalue weighted by Crippen LogP contribution is -2.40. The van der Waals surface area contributed by atoms with Crippen molar-refractivity contribution in [2.24, 2.45) is 0 Å². The molecule has 0 saturated heterocycles. The largest absolute Gasteiger partial charge is 0.457 e. The summed E-state index contributed by atoms with van der Waals surface area (Å²) >= 11 is 5.36. The molecule has 0 spiro atoms. The van der Waals surface area contributed by atoms with Crippen LogP contribution < -0.4 is 15.4 Å². The number of para-hydroxylation sites is 1. The zero-order valence-electron chi connectivity index (χ0n) is 14.4. The van der Waals surface area contributed by atoms with E-state index in [2.05, 4.69) is 10.6 Å². The van der Waals surface area contributed by atoms with Crippen molar-refractivity contribution in [1.29, 1.82) is 0 Å². The molecule has 134 valence electrons. The maximum absolute atomic E-state index is 13.2. The van der Waals surface area contributed by atoms with Gasteiger partial charge in [-0.2, -0.15) is 0 Å².